The maximum Gasteiger partial charge on any atom is 0.414 e. The smallest absolute Gasteiger partial charge is 0.319 e. The number of hydrogen-bond donors (Lipinski definition) is 1. The van der Waals surface area contributed by atoms with Gasteiger partial charge in [0.2, 0.25) is 0 Å². The summed E-state index contributed by atoms with van der Waals surface area (Å²) in [7, 11) is 1.48. The second kappa shape index (κ2) is 5.00. The van der Waals surface area contributed by atoms with E-state index < -0.39 is 24.2 Å². The van der Waals surface area contributed by atoms with Crippen LogP contribution in [0.4, 0.5) is 13.2 Å². The lowest BCUT2D eigenvalue weighted by molar-refractivity contribution is -0.184. The van der Waals surface area contributed by atoms with Gasteiger partial charge in [-0.25, -0.2) is 5.48 Å². The number of aromatic nitrogens is 1. The van der Waals surface area contributed by atoms with Gasteiger partial charge in [0.1, 0.15) is 0 Å². The summed E-state index contributed by atoms with van der Waals surface area (Å²) >= 11 is 0. The molecule has 0 aliphatic carbocycles. The molecule has 1 amide bonds. The maximum absolute atomic E-state index is 11.7. The van der Waals surface area contributed by atoms with Gasteiger partial charge in [-0.1, -0.05) is 0 Å². The molecule has 0 aliphatic heterocycles. The molecule has 0 aromatic carbocycles. The number of rotatable bonds is 3. The first kappa shape index (κ1) is 13.2. The minimum atomic E-state index is -4.53. The fourth-order valence-electron chi connectivity index (χ4n) is 0.932. The fourth-order valence-corrected chi connectivity index (χ4v) is 0.932. The number of aryl methyl sites for hydroxylation is 1. The van der Waals surface area contributed by atoms with Crippen LogP contribution in [0.2, 0.25) is 0 Å². The Bertz CT molecular complexity index is 467. The molecule has 5 nitrogen and oxygen atoms in total. The third-order valence-electron chi connectivity index (χ3n) is 1.77. The van der Waals surface area contributed by atoms with E-state index in [0.29, 0.717) is 0 Å². The van der Waals surface area contributed by atoms with Gasteiger partial charge in [-0.05, 0) is 6.07 Å². The van der Waals surface area contributed by atoms with Crippen molar-refractivity contribution in [1.82, 2.24) is 10.0 Å². The van der Waals surface area contributed by atoms with Crippen LogP contribution in [-0.4, -0.2) is 23.3 Å². The van der Waals surface area contributed by atoms with Crippen molar-refractivity contribution in [1.29, 1.82) is 0 Å². The number of halogens is 3. The molecule has 0 saturated heterocycles. The zero-order valence-corrected chi connectivity index (χ0v) is 8.75. The highest BCUT2D eigenvalue weighted by molar-refractivity contribution is 5.93. The van der Waals surface area contributed by atoms with Crippen LogP contribution in [0.15, 0.2) is 23.1 Å². The summed E-state index contributed by atoms with van der Waals surface area (Å²) in [6, 6.07) is 2.28. The van der Waals surface area contributed by atoms with Crippen molar-refractivity contribution in [3.63, 3.8) is 0 Å². The Morgan fingerprint density at radius 1 is 1.53 bits per heavy atom. The molecule has 1 N–H and O–H groups in total. The molecule has 0 unspecified atom stereocenters. The first-order valence-electron chi connectivity index (χ1n) is 4.45. The summed E-state index contributed by atoms with van der Waals surface area (Å²) in [5, 5.41) is 0. The van der Waals surface area contributed by atoms with E-state index in [1.807, 2.05) is 0 Å². The van der Waals surface area contributed by atoms with Crippen molar-refractivity contribution < 1.29 is 22.8 Å². The third-order valence-corrected chi connectivity index (χ3v) is 1.77. The van der Waals surface area contributed by atoms with Gasteiger partial charge in [-0.3, -0.25) is 14.4 Å². The number of carbonyl (C=O) groups is 1. The molecule has 0 saturated carbocycles. The van der Waals surface area contributed by atoms with E-state index in [9.17, 15) is 22.8 Å². The molecule has 17 heavy (non-hydrogen) atoms. The minimum Gasteiger partial charge on any atom is -0.319 e. The number of hydroxylamine groups is 1. The second-order valence-corrected chi connectivity index (χ2v) is 3.20. The highest BCUT2D eigenvalue weighted by Crippen LogP contribution is 2.13. The van der Waals surface area contributed by atoms with Crippen LogP contribution in [-0.2, 0) is 11.9 Å². The van der Waals surface area contributed by atoms with E-state index in [2.05, 4.69) is 4.84 Å². The summed E-state index contributed by atoms with van der Waals surface area (Å²) in [6.07, 6.45) is -3.21. The normalized spacial score (nSPS) is 11.3. The average Bonchev–Trinajstić information content (AvgIpc) is 2.20. The standard InChI is InChI=1S/C9H9F3N2O3/c1-14-3-2-6(4-7(14)15)8(16)13-17-5-9(10,11)12/h2-4H,5H2,1H3,(H,13,16). The average molecular weight is 250 g/mol. The molecule has 1 aromatic rings. The van der Waals surface area contributed by atoms with Gasteiger partial charge in [0.05, 0.1) is 0 Å². The quantitative estimate of drug-likeness (QED) is 0.799. The highest BCUT2D eigenvalue weighted by Gasteiger charge is 2.28. The van der Waals surface area contributed by atoms with Crippen molar-refractivity contribution in [2.75, 3.05) is 6.61 Å². The lowest BCUT2D eigenvalue weighted by Crippen LogP contribution is -2.30. The lowest BCUT2D eigenvalue weighted by Gasteiger charge is -2.08. The molecule has 8 heteroatoms. The van der Waals surface area contributed by atoms with Gasteiger partial charge in [0.25, 0.3) is 11.5 Å². The van der Waals surface area contributed by atoms with Crippen LogP contribution >= 0.6 is 0 Å². The second-order valence-electron chi connectivity index (χ2n) is 3.20. The molecule has 0 bridgehead atoms. The van der Waals surface area contributed by atoms with Gasteiger partial charge in [0, 0.05) is 24.9 Å². The Labute approximate surface area is 93.8 Å². The van der Waals surface area contributed by atoms with Crippen LogP contribution in [0.3, 0.4) is 0 Å². The number of alkyl halides is 3. The van der Waals surface area contributed by atoms with Crippen molar-refractivity contribution in [3.05, 3.63) is 34.2 Å². The van der Waals surface area contributed by atoms with Gasteiger partial charge in [-0.2, -0.15) is 13.2 Å². The highest BCUT2D eigenvalue weighted by atomic mass is 19.4. The largest absolute Gasteiger partial charge is 0.414 e. The maximum atomic E-state index is 11.7. The van der Waals surface area contributed by atoms with Crippen LogP contribution in [0, 0.1) is 0 Å². The Hall–Kier alpha value is -1.83. The van der Waals surface area contributed by atoms with Crippen LogP contribution in [0.5, 0.6) is 0 Å². The molecule has 0 aliphatic rings. The van der Waals surface area contributed by atoms with E-state index in [1.54, 1.807) is 5.48 Å². The van der Waals surface area contributed by atoms with Crippen LogP contribution < -0.4 is 11.0 Å². The van der Waals surface area contributed by atoms with E-state index in [0.717, 1.165) is 6.07 Å². The predicted molar refractivity (Wildman–Crippen MR) is 51.2 cm³/mol. The molecular weight excluding hydrogens is 241 g/mol. The molecule has 1 heterocycles. The molecule has 1 aromatic heterocycles. The predicted octanol–water partition coefficient (Wildman–Crippen LogP) is 0.609. The van der Waals surface area contributed by atoms with E-state index in [4.69, 9.17) is 0 Å². The van der Waals surface area contributed by atoms with Gasteiger partial charge in [0.15, 0.2) is 6.61 Å². The SMILES string of the molecule is Cn1ccc(C(=O)NOCC(F)(F)F)cc1=O. The van der Waals surface area contributed by atoms with Crippen LogP contribution in [0.25, 0.3) is 0 Å². The number of amides is 1. The molecule has 0 fully saturated rings. The number of nitrogens with one attached hydrogen (secondary N) is 1. The number of nitrogens with zero attached hydrogens (tertiary/aromatic N) is 1. The minimum absolute atomic E-state index is 0.0738. The molecule has 0 radical (unpaired) electrons. The van der Waals surface area contributed by atoms with Crippen LogP contribution in [0.1, 0.15) is 10.4 Å². The summed E-state index contributed by atoms with van der Waals surface area (Å²) in [5.74, 6) is -0.910. The first-order valence-corrected chi connectivity index (χ1v) is 4.45. The van der Waals surface area contributed by atoms with Crippen molar-refractivity contribution in [2.24, 2.45) is 7.05 Å². The number of pyridine rings is 1. The van der Waals surface area contributed by atoms with Gasteiger partial charge in [-0.15, -0.1) is 0 Å². The Kier molecular flexibility index (Phi) is 3.89. The topological polar surface area (TPSA) is 60.3 Å². The third kappa shape index (κ3) is 4.27. The summed E-state index contributed by atoms with van der Waals surface area (Å²) < 4.78 is 36.3. The lowest BCUT2D eigenvalue weighted by atomic mass is 10.2. The van der Waals surface area contributed by atoms with E-state index in [-0.39, 0.29) is 5.56 Å². The van der Waals surface area contributed by atoms with Crippen molar-refractivity contribution in [3.8, 4) is 0 Å². The Morgan fingerprint density at radius 2 is 2.18 bits per heavy atom. The Morgan fingerprint density at radius 3 is 2.71 bits per heavy atom. The zero-order chi connectivity index (χ0) is 13.1. The summed E-state index contributed by atoms with van der Waals surface area (Å²) in [5.41, 5.74) is 1.07. The monoisotopic (exact) mass is 250 g/mol. The fraction of sp³-hybridized carbons (Fsp3) is 0.333. The summed E-state index contributed by atoms with van der Waals surface area (Å²) in [6.45, 7) is -1.59. The number of hydrogen-bond acceptors (Lipinski definition) is 3. The molecule has 1 rings (SSSR count). The zero-order valence-electron chi connectivity index (χ0n) is 8.75. The number of carbonyl (C=O) groups excluding carboxylic acids is 1. The van der Waals surface area contributed by atoms with E-state index in [1.165, 1.54) is 23.9 Å². The van der Waals surface area contributed by atoms with E-state index >= 15 is 0 Å². The Balaban J connectivity index is 2.59. The molecule has 0 spiro atoms. The van der Waals surface area contributed by atoms with Gasteiger partial charge >= 0.3 is 6.18 Å². The molecule has 0 atom stereocenters. The van der Waals surface area contributed by atoms with Crippen molar-refractivity contribution in [2.45, 2.75) is 6.18 Å². The molecular formula is C9H9F3N2O3. The summed E-state index contributed by atoms with van der Waals surface area (Å²) in [4.78, 5) is 26.3. The molecule has 94 valence electrons. The van der Waals surface area contributed by atoms with Gasteiger partial charge < -0.3 is 4.57 Å². The van der Waals surface area contributed by atoms with Crippen molar-refractivity contribution >= 4 is 5.91 Å². The first-order chi connectivity index (χ1) is 7.79.